The van der Waals surface area contributed by atoms with Crippen LogP contribution in [0.5, 0.6) is 5.75 Å². The number of amides is 1. The summed E-state index contributed by atoms with van der Waals surface area (Å²) in [6, 6.07) is 21.4. The summed E-state index contributed by atoms with van der Waals surface area (Å²) in [5, 5.41) is 16.7. The van der Waals surface area contributed by atoms with Crippen molar-refractivity contribution in [1.29, 1.82) is 0 Å². The van der Waals surface area contributed by atoms with Gasteiger partial charge in [0.15, 0.2) is 11.6 Å². The quantitative estimate of drug-likeness (QED) is 0.0588. The molecule has 228 valence electrons. The van der Waals surface area contributed by atoms with E-state index in [1.807, 2.05) is 24.3 Å². The van der Waals surface area contributed by atoms with Gasteiger partial charge in [-0.05, 0) is 58.4 Å². The summed E-state index contributed by atoms with van der Waals surface area (Å²) in [5.41, 5.74) is 25.5. The first-order valence-corrected chi connectivity index (χ1v) is 14.4. The molecule has 1 heterocycles. The predicted molar refractivity (Wildman–Crippen MR) is 166 cm³/mol. The Bertz CT molecular complexity index is 1550. The lowest BCUT2D eigenvalue weighted by molar-refractivity contribution is -0.130. The van der Waals surface area contributed by atoms with E-state index >= 15 is 0 Å². The van der Waals surface area contributed by atoms with Crippen LogP contribution in [0.15, 0.2) is 88.0 Å². The molecule has 0 aromatic heterocycles. The number of nitrogens with one attached hydrogen (secondary N) is 2. The Balaban J connectivity index is 1.85. The van der Waals surface area contributed by atoms with Crippen molar-refractivity contribution in [2.45, 2.75) is 50.8 Å². The van der Waals surface area contributed by atoms with E-state index in [-0.39, 0.29) is 25.5 Å². The monoisotopic (exact) mass is 597 g/mol. The van der Waals surface area contributed by atoms with Crippen LogP contribution in [-0.4, -0.2) is 42.2 Å². The zero-order valence-electron chi connectivity index (χ0n) is 24.5. The molecule has 1 amide bonds. The van der Waals surface area contributed by atoms with Crippen LogP contribution in [0.1, 0.15) is 54.5 Å². The number of carbonyl (C=O) groups excluding carboxylic acids is 1. The second-order valence-corrected chi connectivity index (χ2v) is 10.1. The summed E-state index contributed by atoms with van der Waals surface area (Å²) >= 11 is 0. The van der Waals surface area contributed by atoms with E-state index < -0.39 is 17.6 Å². The lowest BCUT2D eigenvalue weighted by Crippen LogP contribution is -2.54. The molecule has 1 aliphatic rings. The number of hydrogen-bond acceptors (Lipinski definition) is 8. The van der Waals surface area contributed by atoms with Crippen molar-refractivity contribution in [1.82, 2.24) is 10.9 Å². The van der Waals surface area contributed by atoms with E-state index in [4.69, 9.17) is 25.1 Å². The van der Waals surface area contributed by atoms with Gasteiger partial charge in [0.25, 0.3) is 5.91 Å². The van der Waals surface area contributed by atoms with Crippen LogP contribution in [0.2, 0.25) is 0 Å². The van der Waals surface area contributed by atoms with Crippen LogP contribution in [0.25, 0.3) is 20.9 Å². The number of unbranched alkanes of at least 4 members (excludes halogenated alkanes) is 1. The fourth-order valence-corrected chi connectivity index (χ4v) is 4.91. The molecule has 0 aliphatic carbocycles. The maximum Gasteiger partial charge on any atom is 0.266 e. The van der Waals surface area contributed by atoms with Crippen molar-refractivity contribution in [3.63, 3.8) is 0 Å². The molecule has 0 saturated heterocycles. The van der Waals surface area contributed by atoms with Crippen molar-refractivity contribution in [2.75, 3.05) is 19.8 Å². The lowest BCUT2D eigenvalue weighted by atomic mass is 9.80. The molecule has 1 aliphatic heterocycles. The van der Waals surface area contributed by atoms with Crippen LogP contribution in [0.3, 0.4) is 0 Å². The van der Waals surface area contributed by atoms with Crippen molar-refractivity contribution >= 4 is 17.5 Å². The Morgan fingerprint density at radius 3 is 2.52 bits per heavy atom. The Hall–Kier alpha value is -5.06. The second-order valence-electron chi connectivity index (χ2n) is 10.1. The molecule has 3 N–H and O–H groups in total. The van der Waals surface area contributed by atoms with Gasteiger partial charge < -0.3 is 14.6 Å². The van der Waals surface area contributed by atoms with Crippen LogP contribution in [0, 0.1) is 0 Å². The average molecular weight is 598 g/mol. The van der Waals surface area contributed by atoms with Crippen LogP contribution < -0.4 is 15.6 Å². The van der Waals surface area contributed by atoms with Gasteiger partial charge in [-0.1, -0.05) is 72.1 Å². The van der Waals surface area contributed by atoms with Gasteiger partial charge >= 0.3 is 0 Å². The van der Waals surface area contributed by atoms with E-state index in [2.05, 4.69) is 37.8 Å². The number of benzene rings is 3. The molecule has 0 spiro atoms. The number of azide groups is 2. The number of hydrogen-bond donors (Lipinski definition) is 3. The SMILES string of the molecule is CCCCNNC(=O)[C@@]1(Cc2ccccc2N=[N+]=[N-])N=C(c2ccc(OCCCO)cc2)O[C@H]1c1ccccc1CN=[N+]=[N-]. The standard InChI is InChI=1S/C31H35N9O4/c1-2-3-17-34-38-30(42)31(20-23-9-5-7-12-27(23)37-40-33)28(26-11-6-4-10-24(26)21-35-39-32)44-29(36-31)22-13-15-25(16-14-22)43-19-8-18-41/h4-7,9-16,28,34,41H,2-3,8,17-21H2,1H3,(H,38,42)/t28-,31-/m0/s1. The minimum atomic E-state index is -1.56. The third-order valence-corrected chi connectivity index (χ3v) is 7.13. The van der Waals surface area contributed by atoms with Gasteiger partial charge in [-0.3, -0.25) is 10.2 Å². The Labute approximate surface area is 255 Å². The molecule has 44 heavy (non-hydrogen) atoms. The summed E-state index contributed by atoms with van der Waals surface area (Å²) in [5.74, 6) is 0.414. The van der Waals surface area contributed by atoms with Crippen molar-refractivity contribution in [3.8, 4) is 5.75 Å². The minimum Gasteiger partial charge on any atom is -0.494 e. The fourth-order valence-electron chi connectivity index (χ4n) is 4.91. The Kier molecular flexibility index (Phi) is 11.6. The summed E-state index contributed by atoms with van der Waals surface area (Å²) < 4.78 is 12.3. The molecule has 0 fully saturated rings. The topological polar surface area (TPSA) is 190 Å². The highest BCUT2D eigenvalue weighted by molar-refractivity contribution is 6.01. The molecule has 0 unspecified atom stereocenters. The van der Waals surface area contributed by atoms with E-state index in [1.54, 1.807) is 48.5 Å². The molecule has 3 aromatic rings. The predicted octanol–water partition coefficient (Wildman–Crippen LogP) is 6.12. The number of carbonyl (C=O) groups is 1. The Morgan fingerprint density at radius 1 is 1.05 bits per heavy atom. The summed E-state index contributed by atoms with van der Waals surface area (Å²) in [6.07, 6.45) is 1.40. The molecule has 3 aromatic carbocycles. The molecular weight excluding hydrogens is 562 g/mol. The molecule has 0 radical (unpaired) electrons. The highest BCUT2D eigenvalue weighted by atomic mass is 16.5. The van der Waals surface area contributed by atoms with Crippen LogP contribution >= 0.6 is 0 Å². The zero-order valence-corrected chi connectivity index (χ0v) is 24.5. The van der Waals surface area contributed by atoms with Crippen molar-refractivity contribution < 1.29 is 19.4 Å². The number of hydrazine groups is 1. The van der Waals surface area contributed by atoms with E-state index in [0.29, 0.717) is 53.3 Å². The van der Waals surface area contributed by atoms with Gasteiger partial charge in [-0.15, -0.1) is 0 Å². The van der Waals surface area contributed by atoms with Crippen LogP contribution in [0.4, 0.5) is 5.69 Å². The highest BCUT2D eigenvalue weighted by Gasteiger charge is 2.54. The van der Waals surface area contributed by atoms with Gasteiger partial charge in [0.2, 0.25) is 5.90 Å². The molecule has 0 bridgehead atoms. The minimum absolute atomic E-state index is 0.0333. The fraction of sp³-hybridized carbons (Fsp3) is 0.355. The van der Waals surface area contributed by atoms with Crippen LogP contribution in [-0.2, 0) is 22.5 Å². The third kappa shape index (κ3) is 7.66. The van der Waals surface area contributed by atoms with Gasteiger partial charge in [0.1, 0.15) is 5.75 Å². The maximum atomic E-state index is 14.3. The third-order valence-electron chi connectivity index (χ3n) is 7.13. The number of aliphatic hydroxyl groups excluding tert-OH is 1. The van der Waals surface area contributed by atoms with E-state index in [9.17, 15) is 10.3 Å². The highest BCUT2D eigenvalue weighted by Crippen LogP contribution is 2.44. The normalized spacial score (nSPS) is 17.0. The second kappa shape index (κ2) is 16.0. The molecule has 13 nitrogen and oxygen atoms in total. The molecule has 13 heteroatoms. The molecule has 0 saturated carbocycles. The van der Waals surface area contributed by atoms with Gasteiger partial charge in [0.05, 0.1) is 13.2 Å². The average Bonchev–Trinajstić information content (AvgIpc) is 3.44. The number of ether oxygens (including phenoxy) is 2. The number of rotatable bonds is 16. The zero-order chi connectivity index (χ0) is 31.2. The summed E-state index contributed by atoms with van der Waals surface area (Å²) in [4.78, 5) is 25.2. The van der Waals surface area contributed by atoms with Gasteiger partial charge in [-0.2, -0.15) is 0 Å². The van der Waals surface area contributed by atoms with Crippen molar-refractivity contribution in [3.05, 3.63) is 116 Å². The van der Waals surface area contributed by atoms with Gasteiger partial charge in [-0.25, -0.2) is 10.4 Å². The first-order valence-electron chi connectivity index (χ1n) is 14.4. The van der Waals surface area contributed by atoms with E-state index in [1.165, 1.54) is 0 Å². The first-order chi connectivity index (χ1) is 21.6. The molecular formula is C31H35N9O4. The first kappa shape index (κ1) is 31.9. The lowest BCUT2D eigenvalue weighted by Gasteiger charge is -2.32. The smallest absolute Gasteiger partial charge is 0.266 e. The van der Waals surface area contributed by atoms with E-state index in [0.717, 1.165) is 12.8 Å². The maximum absolute atomic E-state index is 14.3. The number of nitrogens with zero attached hydrogens (tertiary/aromatic N) is 7. The molecule has 4 rings (SSSR count). The number of aliphatic hydroxyl groups is 1. The molecule has 2 atom stereocenters. The summed E-state index contributed by atoms with van der Waals surface area (Å²) in [6.45, 7) is 3.06. The Morgan fingerprint density at radius 2 is 1.80 bits per heavy atom. The largest absolute Gasteiger partial charge is 0.494 e. The van der Waals surface area contributed by atoms with Crippen molar-refractivity contribution in [2.24, 2.45) is 15.2 Å². The summed E-state index contributed by atoms with van der Waals surface area (Å²) in [7, 11) is 0. The van der Waals surface area contributed by atoms with Gasteiger partial charge in [0, 0.05) is 47.1 Å². The number of aliphatic imine (C=N–C) groups is 1.